The minimum Gasteiger partial charge on any atom is -0.494 e. The molecule has 0 radical (unpaired) electrons. The van der Waals surface area contributed by atoms with E-state index in [4.69, 9.17) is 26.2 Å². The Morgan fingerprint density at radius 1 is 1.03 bits per heavy atom. The number of para-hydroxylation sites is 2. The summed E-state index contributed by atoms with van der Waals surface area (Å²) in [4.78, 5) is 12.2. The van der Waals surface area contributed by atoms with Gasteiger partial charge in [-0.3, -0.25) is 4.79 Å². The van der Waals surface area contributed by atoms with E-state index in [1.807, 2.05) is 60.8 Å². The monoisotopic (exact) mass is 488 g/mol. The normalized spacial score (nSPS) is 10.9. The van der Waals surface area contributed by atoms with Gasteiger partial charge in [0.25, 0.3) is 5.91 Å². The van der Waals surface area contributed by atoms with Crippen LogP contribution in [0.2, 0.25) is 5.02 Å². The van der Waals surface area contributed by atoms with Gasteiger partial charge in [0.15, 0.2) is 6.61 Å². The Kier molecular flexibility index (Phi) is 8.14. The Morgan fingerprint density at radius 2 is 1.77 bits per heavy atom. The van der Waals surface area contributed by atoms with Crippen molar-refractivity contribution in [2.45, 2.75) is 13.3 Å². The fourth-order valence-electron chi connectivity index (χ4n) is 3.26. The highest BCUT2D eigenvalue weighted by Crippen LogP contribution is 2.25. The molecular weight excluding hydrogens is 464 g/mol. The number of ether oxygens (including phenoxy) is 2. The van der Waals surface area contributed by atoms with Crippen LogP contribution in [0.25, 0.3) is 16.9 Å². The number of halogens is 1. The van der Waals surface area contributed by atoms with E-state index < -0.39 is 5.91 Å². The van der Waals surface area contributed by atoms with Crippen LogP contribution in [0, 0.1) is 0 Å². The summed E-state index contributed by atoms with van der Waals surface area (Å²) < 4.78 is 12.9. The molecule has 1 aromatic heterocycles. The Balaban J connectivity index is 1.50. The molecule has 1 amide bonds. The summed E-state index contributed by atoms with van der Waals surface area (Å²) in [5.41, 5.74) is 5.76. The van der Waals surface area contributed by atoms with Crippen molar-refractivity contribution in [1.29, 1.82) is 0 Å². The first-order valence-corrected chi connectivity index (χ1v) is 11.6. The number of amides is 1. The lowest BCUT2D eigenvalue weighted by molar-refractivity contribution is -0.123. The molecule has 1 N–H and O–H groups in total. The predicted molar refractivity (Wildman–Crippen MR) is 137 cm³/mol. The molecule has 35 heavy (non-hydrogen) atoms. The molecule has 1 heterocycles. The van der Waals surface area contributed by atoms with Gasteiger partial charge in [0.05, 0.1) is 23.5 Å². The zero-order chi connectivity index (χ0) is 24.5. The topological polar surface area (TPSA) is 77.7 Å². The second kappa shape index (κ2) is 11.9. The summed E-state index contributed by atoms with van der Waals surface area (Å²) in [7, 11) is 0. The average molecular weight is 489 g/mol. The summed E-state index contributed by atoms with van der Waals surface area (Å²) in [6.45, 7) is 2.52. The maximum Gasteiger partial charge on any atom is 0.277 e. The summed E-state index contributed by atoms with van der Waals surface area (Å²) in [6.07, 6.45) is 4.37. The molecule has 0 aliphatic rings. The number of benzene rings is 3. The maximum atomic E-state index is 12.2. The van der Waals surface area contributed by atoms with Gasteiger partial charge >= 0.3 is 0 Å². The zero-order valence-electron chi connectivity index (χ0n) is 19.2. The standard InChI is InChI=1S/C27H25ClN4O3/c1-2-16-34-23-14-12-20(13-15-23)27-21(18-32(31-27)22-8-4-3-5-9-22)17-29-30-26(33)19-35-25-11-7-6-10-24(25)28/h3-15,17-18H,2,16,19H2,1H3,(H,30,33)/b29-17+. The first-order valence-electron chi connectivity index (χ1n) is 11.2. The van der Waals surface area contributed by atoms with Crippen molar-refractivity contribution in [3.8, 4) is 28.4 Å². The molecule has 4 aromatic rings. The number of aromatic nitrogens is 2. The van der Waals surface area contributed by atoms with Gasteiger partial charge in [0.1, 0.15) is 17.2 Å². The highest BCUT2D eigenvalue weighted by atomic mass is 35.5. The third-order valence-electron chi connectivity index (χ3n) is 4.95. The van der Waals surface area contributed by atoms with Crippen LogP contribution in [0.3, 0.4) is 0 Å². The van der Waals surface area contributed by atoms with E-state index >= 15 is 0 Å². The van der Waals surface area contributed by atoms with E-state index in [0.29, 0.717) is 17.4 Å². The van der Waals surface area contributed by atoms with Crippen molar-refractivity contribution < 1.29 is 14.3 Å². The summed E-state index contributed by atoms with van der Waals surface area (Å²) in [5.74, 6) is 0.834. The molecule has 0 atom stereocenters. The number of hydrogen-bond donors (Lipinski definition) is 1. The average Bonchev–Trinajstić information content (AvgIpc) is 3.32. The summed E-state index contributed by atoms with van der Waals surface area (Å²) >= 11 is 6.05. The van der Waals surface area contributed by atoms with Crippen LogP contribution in [0.1, 0.15) is 18.9 Å². The number of nitrogens with zero attached hydrogens (tertiary/aromatic N) is 3. The molecule has 7 nitrogen and oxygen atoms in total. The summed E-state index contributed by atoms with van der Waals surface area (Å²) in [6, 6.07) is 24.5. The molecule has 0 aliphatic carbocycles. The second-order valence-electron chi connectivity index (χ2n) is 7.60. The third kappa shape index (κ3) is 6.49. The van der Waals surface area contributed by atoms with Crippen LogP contribution < -0.4 is 14.9 Å². The lowest BCUT2D eigenvalue weighted by Gasteiger charge is -2.06. The fourth-order valence-corrected chi connectivity index (χ4v) is 3.45. The molecule has 4 rings (SSSR count). The van der Waals surface area contributed by atoms with Crippen molar-refractivity contribution in [1.82, 2.24) is 15.2 Å². The van der Waals surface area contributed by atoms with Gasteiger partial charge in [0.2, 0.25) is 0 Å². The minimum absolute atomic E-state index is 0.212. The Morgan fingerprint density at radius 3 is 2.51 bits per heavy atom. The van der Waals surface area contributed by atoms with Crippen LogP contribution in [-0.2, 0) is 4.79 Å². The van der Waals surface area contributed by atoms with Crippen molar-refractivity contribution in [2.75, 3.05) is 13.2 Å². The largest absolute Gasteiger partial charge is 0.494 e. The van der Waals surface area contributed by atoms with Gasteiger partial charge in [-0.15, -0.1) is 0 Å². The lowest BCUT2D eigenvalue weighted by atomic mass is 10.1. The molecule has 3 aromatic carbocycles. The quantitative estimate of drug-likeness (QED) is 0.236. The molecule has 0 saturated heterocycles. The molecule has 0 fully saturated rings. The molecule has 178 valence electrons. The number of hydrogen-bond acceptors (Lipinski definition) is 5. The summed E-state index contributed by atoms with van der Waals surface area (Å²) in [5, 5.41) is 9.31. The molecule has 0 unspecified atom stereocenters. The lowest BCUT2D eigenvalue weighted by Crippen LogP contribution is -2.24. The highest BCUT2D eigenvalue weighted by Gasteiger charge is 2.12. The smallest absolute Gasteiger partial charge is 0.277 e. The zero-order valence-corrected chi connectivity index (χ0v) is 20.0. The number of carbonyl (C=O) groups is 1. The predicted octanol–water partition coefficient (Wildman–Crippen LogP) is 5.51. The minimum atomic E-state index is -0.407. The first kappa shape index (κ1) is 24.0. The number of hydrazone groups is 1. The molecule has 0 spiro atoms. The molecule has 0 saturated carbocycles. The van der Waals surface area contributed by atoms with E-state index in [9.17, 15) is 4.79 Å². The number of rotatable bonds is 10. The fraction of sp³-hybridized carbons (Fsp3) is 0.148. The molecule has 0 bridgehead atoms. The van der Waals surface area contributed by atoms with Crippen LogP contribution in [0.4, 0.5) is 0 Å². The van der Waals surface area contributed by atoms with Crippen molar-refractivity contribution >= 4 is 23.7 Å². The van der Waals surface area contributed by atoms with Gasteiger partial charge in [-0.25, -0.2) is 10.1 Å². The third-order valence-corrected chi connectivity index (χ3v) is 5.26. The van der Waals surface area contributed by atoms with Gasteiger partial charge in [0, 0.05) is 17.3 Å². The van der Waals surface area contributed by atoms with Crippen molar-refractivity contribution in [2.24, 2.45) is 5.10 Å². The molecule has 8 heteroatoms. The van der Waals surface area contributed by atoms with Crippen LogP contribution in [-0.4, -0.2) is 35.1 Å². The Labute approximate surface area is 209 Å². The van der Waals surface area contributed by atoms with Crippen molar-refractivity contribution in [3.05, 3.63) is 95.6 Å². The Bertz CT molecular complexity index is 1290. The van der Waals surface area contributed by atoms with E-state index in [-0.39, 0.29) is 6.61 Å². The van der Waals surface area contributed by atoms with Crippen LogP contribution >= 0.6 is 11.6 Å². The van der Waals surface area contributed by atoms with Crippen LogP contribution in [0.15, 0.2) is 90.2 Å². The first-order chi connectivity index (χ1) is 17.1. The van der Waals surface area contributed by atoms with Crippen molar-refractivity contribution in [3.63, 3.8) is 0 Å². The van der Waals surface area contributed by atoms with E-state index in [2.05, 4.69) is 17.5 Å². The second-order valence-corrected chi connectivity index (χ2v) is 8.01. The highest BCUT2D eigenvalue weighted by molar-refractivity contribution is 6.32. The molecule has 0 aliphatic heterocycles. The number of nitrogens with one attached hydrogen (secondary N) is 1. The van der Waals surface area contributed by atoms with Gasteiger partial charge < -0.3 is 9.47 Å². The van der Waals surface area contributed by atoms with E-state index in [1.54, 1.807) is 35.2 Å². The van der Waals surface area contributed by atoms with E-state index in [1.165, 1.54) is 0 Å². The SMILES string of the molecule is CCCOc1ccc(-c2nn(-c3ccccc3)cc2/C=N/NC(=O)COc2ccccc2Cl)cc1. The van der Waals surface area contributed by atoms with Crippen LogP contribution in [0.5, 0.6) is 11.5 Å². The van der Waals surface area contributed by atoms with Gasteiger partial charge in [-0.2, -0.15) is 10.2 Å². The number of carbonyl (C=O) groups excluding carboxylic acids is 1. The maximum absolute atomic E-state index is 12.2. The van der Waals surface area contributed by atoms with Gasteiger partial charge in [-0.05, 0) is 55.0 Å². The van der Waals surface area contributed by atoms with E-state index in [0.717, 1.165) is 34.7 Å². The van der Waals surface area contributed by atoms with Gasteiger partial charge in [-0.1, -0.05) is 48.9 Å². The molecular formula is C27H25ClN4O3. The Hall–Kier alpha value is -4.10.